The fourth-order valence-electron chi connectivity index (χ4n) is 1.80. The van der Waals surface area contributed by atoms with Crippen molar-refractivity contribution in [3.63, 3.8) is 0 Å². The summed E-state index contributed by atoms with van der Waals surface area (Å²) in [7, 11) is 0. The summed E-state index contributed by atoms with van der Waals surface area (Å²) in [5.41, 5.74) is 2.01. The summed E-state index contributed by atoms with van der Waals surface area (Å²) < 4.78 is 5.44. The molecule has 1 aromatic carbocycles. The van der Waals surface area contributed by atoms with Crippen LogP contribution in [0.1, 0.15) is 5.69 Å². The lowest BCUT2D eigenvalue weighted by atomic mass is 10.3. The molecule has 19 heavy (non-hydrogen) atoms. The van der Waals surface area contributed by atoms with E-state index in [0.717, 1.165) is 20.6 Å². The molecule has 4 nitrogen and oxygen atoms in total. The molecule has 2 aromatic heterocycles. The summed E-state index contributed by atoms with van der Waals surface area (Å²) in [5, 5.41) is 8.87. The van der Waals surface area contributed by atoms with Gasteiger partial charge in [0.25, 0.3) is 0 Å². The zero-order valence-electron chi connectivity index (χ0n) is 9.87. The molecule has 0 N–H and O–H groups in total. The van der Waals surface area contributed by atoms with E-state index in [-0.39, 0.29) is 0 Å². The number of hydrogen-bond donors (Lipinski definition) is 0. The first-order valence-electron chi connectivity index (χ1n) is 5.71. The molecule has 0 amide bonds. The second-order valence-corrected chi connectivity index (χ2v) is 5.66. The minimum Gasteiger partial charge on any atom is -0.251 e. The van der Waals surface area contributed by atoms with E-state index in [1.165, 1.54) is 0 Å². The first kappa shape index (κ1) is 12.6. The van der Waals surface area contributed by atoms with E-state index in [9.17, 15) is 0 Å². The molecule has 0 saturated carbocycles. The molecule has 0 aliphatic rings. The largest absolute Gasteiger partial charge is 0.251 e. The van der Waals surface area contributed by atoms with Crippen LogP contribution < -0.4 is 0 Å². The third kappa shape index (κ3) is 2.79. The molecule has 0 radical (unpaired) electrons. The summed E-state index contributed by atoms with van der Waals surface area (Å²) in [6.45, 7) is 0.631. The quantitative estimate of drug-likeness (QED) is 0.694. The smallest absolute Gasteiger partial charge is 0.129 e. The minimum atomic E-state index is 0.631. The van der Waals surface area contributed by atoms with Gasteiger partial charge in [0.05, 0.1) is 17.9 Å². The number of aromatic nitrogens is 4. The Hall–Kier alpha value is -1.40. The highest BCUT2D eigenvalue weighted by Crippen LogP contribution is 2.17. The minimum absolute atomic E-state index is 0.631. The SMILES string of the molecule is Brc1cc(Br)n(Cc2ccn(-c3ccccc3)n2)n1. The summed E-state index contributed by atoms with van der Waals surface area (Å²) in [5.74, 6) is 0. The molecule has 0 saturated heterocycles. The van der Waals surface area contributed by atoms with Crippen LogP contribution in [0.5, 0.6) is 0 Å². The van der Waals surface area contributed by atoms with Crippen molar-refractivity contribution in [2.24, 2.45) is 0 Å². The van der Waals surface area contributed by atoms with E-state index in [4.69, 9.17) is 0 Å². The summed E-state index contributed by atoms with van der Waals surface area (Å²) in [4.78, 5) is 0. The summed E-state index contributed by atoms with van der Waals surface area (Å²) >= 11 is 6.81. The van der Waals surface area contributed by atoms with Crippen molar-refractivity contribution in [1.82, 2.24) is 19.6 Å². The second-order valence-electron chi connectivity index (χ2n) is 4.03. The van der Waals surface area contributed by atoms with Gasteiger partial charge in [0, 0.05) is 12.3 Å². The summed E-state index contributed by atoms with van der Waals surface area (Å²) in [6.07, 6.45) is 1.96. The van der Waals surface area contributed by atoms with Crippen LogP contribution in [0.3, 0.4) is 0 Å². The van der Waals surface area contributed by atoms with Crippen molar-refractivity contribution in [3.05, 3.63) is 63.6 Å². The number of para-hydroxylation sites is 1. The van der Waals surface area contributed by atoms with Crippen molar-refractivity contribution < 1.29 is 0 Å². The van der Waals surface area contributed by atoms with Crippen LogP contribution in [0, 0.1) is 0 Å². The van der Waals surface area contributed by atoms with Crippen LogP contribution in [0.4, 0.5) is 0 Å². The highest BCUT2D eigenvalue weighted by Gasteiger charge is 2.06. The Morgan fingerprint density at radius 2 is 1.79 bits per heavy atom. The van der Waals surface area contributed by atoms with E-state index in [2.05, 4.69) is 42.1 Å². The lowest BCUT2D eigenvalue weighted by molar-refractivity contribution is 0.646. The molecule has 0 unspecified atom stereocenters. The van der Waals surface area contributed by atoms with Crippen LogP contribution in [0.15, 0.2) is 57.9 Å². The highest BCUT2D eigenvalue weighted by atomic mass is 79.9. The van der Waals surface area contributed by atoms with Crippen molar-refractivity contribution >= 4 is 31.9 Å². The van der Waals surface area contributed by atoms with Gasteiger partial charge in [-0.3, -0.25) is 4.68 Å². The van der Waals surface area contributed by atoms with E-state index < -0.39 is 0 Å². The van der Waals surface area contributed by atoms with Crippen LogP contribution in [-0.2, 0) is 6.54 Å². The van der Waals surface area contributed by atoms with Crippen molar-refractivity contribution in [1.29, 1.82) is 0 Å². The molecule has 96 valence electrons. The molecule has 3 rings (SSSR count). The lowest BCUT2D eigenvalue weighted by Crippen LogP contribution is -2.04. The van der Waals surface area contributed by atoms with Crippen molar-refractivity contribution in [3.8, 4) is 5.69 Å². The monoisotopic (exact) mass is 380 g/mol. The van der Waals surface area contributed by atoms with E-state index in [0.29, 0.717) is 6.54 Å². The van der Waals surface area contributed by atoms with Crippen LogP contribution in [-0.4, -0.2) is 19.6 Å². The second kappa shape index (κ2) is 5.30. The van der Waals surface area contributed by atoms with E-state index >= 15 is 0 Å². The Morgan fingerprint density at radius 3 is 2.47 bits per heavy atom. The normalized spacial score (nSPS) is 10.8. The van der Waals surface area contributed by atoms with Gasteiger partial charge in [0.2, 0.25) is 0 Å². The fourth-order valence-corrected chi connectivity index (χ4v) is 2.94. The predicted octanol–water partition coefficient (Wildman–Crippen LogP) is 3.64. The van der Waals surface area contributed by atoms with Gasteiger partial charge in [-0.15, -0.1) is 0 Å². The van der Waals surface area contributed by atoms with Gasteiger partial charge in [-0.25, -0.2) is 4.68 Å². The zero-order valence-corrected chi connectivity index (χ0v) is 13.0. The average Bonchev–Trinajstić information content (AvgIpc) is 2.99. The Balaban J connectivity index is 1.84. The maximum atomic E-state index is 4.55. The predicted molar refractivity (Wildman–Crippen MR) is 80.3 cm³/mol. The lowest BCUT2D eigenvalue weighted by Gasteiger charge is -2.01. The standard InChI is InChI=1S/C13H10Br2N4/c14-12-8-13(15)19(17-12)9-10-6-7-18(16-10)11-4-2-1-3-5-11/h1-8H,9H2. The van der Waals surface area contributed by atoms with Crippen LogP contribution in [0.2, 0.25) is 0 Å². The van der Waals surface area contributed by atoms with Gasteiger partial charge in [0.15, 0.2) is 0 Å². The molecule has 0 bridgehead atoms. The number of halogens is 2. The van der Waals surface area contributed by atoms with E-state index in [1.807, 2.05) is 58.0 Å². The number of benzene rings is 1. The molecule has 0 atom stereocenters. The molecule has 0 spiro atoms. The Morgan fingerprint density at radius 1 is 1.00 bits per heavy atom. The van der Waals surface area contributed by atoms with Gasteiger partial charge in [-0.2, -0.15) is 10.2 Å². The highest BCUT2D eigenvalue weighted by molar-refractivity contribution is 9.11. The number of rotatable bonds is 3. The number of hydrogen-bond acceptors (Lipinski definition) is 2. The van der Waals surface area contributed by atoms with Gasteiger partial charge >= 0.3 is 0 Å². The maximum absolute atomic E-state index is 4.55. The Labute approximate surface area is 127 Å². The zero-order chi connectivity index (χ0) is 13.2. The Bertz CT molecular complexity index is 688. The van der Waals surface area contributed by atoms with Gasteiger partial charge < -0.3 is 0 Å². The topological polar surface area (TPSA) is 35.6 Å². The molecule has 2 heterocycles. The van der Waals surface area contributed by atoms with Gasteiger partial charge in [-0.1, -0.05) is 18.2 Å². The Kier molecular flexibility index (Phi) is 3.52. The fraction of sp³-hybridized carbons (Fsp3) is 0.0769. The first-order chi connectivity index (χ1) is 9.22. The first-order valence-corrected chi connectivity index (χ1v) is 7.30. The molecule has 0 aliphatic carbocycles. The molecular weight excluding hydrogens is 372 g/mol. The van der Waals surface area contributed by atoms with Crippen LogP contribution in [0.25, 0.3) is 5.69 Å². The molecule has 6 heteroatoms. The van der Waals surface area contributed by atoms with Crippen molar-refractivity contribution in [2.45, 2.75) is 6.54 Å². The van der Waals surface area contributed by atoms with E-state index in [1.54, 1.807) is 0 Å². The van der Waals surface area contributed by atoms with Crippen LogP contribution >= 0.6 is 31.9 Å². The molecular formula is C13H10Br2N4. The average molecular weight is 382 g/mol. The molecule has 0 aliphatic heterocycles. The molecule has 3 aromatic rings. The molecule has 0 fully saturated rings. The number of nitrogens with zero attached hydrogens (tertiary/aromatic N) is 4. The third-order valence-electron chi connectivity index (χ3n) is 2.68. The van der Waals surface area contributed by atoms with Crippen molar-refractivity contribution in [2.75, 3.05) is 0 Å². The summed E-state index contributed by atoms with van der Waals surface area (Å²) in [6, 6.07) is 13.9. The van der Waals surface area contributed by atoms with Gasteiger partial charge in [0.1, 0.15) is 9.21 Å². The van der Waals surface area contributed by atoms with Gasteiger partial charge in [-0.05, 0) is 50.1 Å². The third-order valence-corrected chi connectivity index (χ3v) is 3.70. The maximum Gasteiger partial charge on any atom is 0.129 e.